The van der Waals surface area contributed by atoms with E-state index < -0.39 is 0 Å². The van der Waals surface area contributed by atoms with Gasteiger partial charge in [-0.25, -0.2) is 4.98 Å². The molecule has 1 aliphatic rings. The van der Waals surface area contributed by atoms with E-state index in [1.807, 2.05) is 24.3 Å². The first-order valence-corrected chi connectivity index (χ1v) is 7.69. The van der Waals surface area contributed by atoms with Crippen molar-refractivity contribution in [3.05, 3.63) is 36.5 Å². The van der Waals surface area contributed by atoms with Crippen LogP contribution in [0.3, 0.4) is 0 Å². The molecule has 0 bridgehead atoms. The van der Waals surface area contributed by atoms with Crippen LogP contribution in [0.4, 0.5) is 11.5 Å². The van der Waals surface area contributed by atoms with Gasteiger partial charge in [0, 0.05) is 28.9 Å². The van der Waals surface area contributed by atoms with Crippen LogP contribution >= 0.6 is 0 Å². The Bertz CT molecular complexity index is 737. The van der Waals surface area contributed by atoms with Crippen molar-refractivity contribution < 1.29 is 0 Å². The number of nitrogens with two attached hydrogens (primary N) is 2. The monoisotopic (exact) mass is 295 g/mol. The van der Waals surface area contributed by atoms with Gasteiger partial charge in [-0.05, 0) is 12.1 Å². The number of nitrogens with zero attached hydrogens (tertiary/aromatic N) is 2. The van der Waals surface area contributed by atoms with Crippen molar-refractivity contribution >= 4 is 22.4 Å². The lowest BCUT2D eigenvalue weighted by molar-refractivity contribution is 0.886. The van der Waals surface area contributed by atoms with Crippen molar-refractivity contribution in [1.29, 1.82) is 0 Å². The molecule has 22 heavy (non-hydrogen) atoms. The van der Waals surface area contributed by atoms with Crippen LogP contribution < -0.4 is 11.5 Å². The zero-order valence-electron chi connectivity index (χ0n) is 12.5. The zero-order chi connectivity index (χ0) is 15.4. The maximum absolute atomic E-state index is 5.89. The fourth-order valence-corrected chi connectivity index (χ4v) is 2.74. The molecule has 5 heteroatoms. The minimum atomic E-state index is 0.428. The topological polar surface area (TPSA) is 93.6 Å². The molecule has 0 radical (unpaired) electrons. The summed E-state index contributed by atoms with van der Waals surface area (Å²) in [5.41, 5.74) is 14.9. The number of benzene rings is 1. The summed E-state index contributed by atoms with van der Waals surface area (Å²) >= 11 is 0. The van der Waals surface area contributed by atoms with E-state index in [9.17, 15) is 0 Å². The highest BCUT2D eigenvalue weighted by Crippen LogP contribution is 2.26. The summed E-state index contributed by atoms with van der Waals surface area (Å²) in [6, 6.07) is 9.42. The summed E-state index contributed by atoms with van der Waals surface area (Å²) in [4.78, 5) is 4.27. The minimum Gasteiger partial charge on any atom is -0.398 e. The second-order valence-electron chi connectivity index (χ2n) is 5.61. The molecule has 0 spiro atoms. The fourth-order valence-electron chi connectivity index (χ4n) is 2.74. The number of rotatable bonds is 1. The molecule has 2 aromatic heterocycles. The number of fused-ring (bicyclic) bond motifs is 1. The van der Waals surface area contributed by atoms with Crippen molar-refractivity contribution in [3.63, 3.8) is 0 Å². The maximum atomic E-state index is 5.89. The quantitative estimate of drug-likeness (QED) is 0.637. The van der Waals surface area contributed by atoms with Gasteiger partial charge in [0.1, 0.15) is 5.82 Å². The van der Waals surface area contributed by atoms with Crippen LogP contribution in [-0.4, -0.2) is 15.2 Å². The smallest absolute Gasteiger partial charge is 0.126 e. The van der Waals surface area contributed by atoms with Crippen LogP contribution in [0.5, 0.6) is 0 Å². The minimum absolute atomic E-state index is 0.428. The van der Waals surface area contributed by atoms with E-state index in [4.69, 9.17) is 11.5 Å². The lowest BCUT2D eigenvalue weighted by Gasteiger charge is -2.05. The summed E-state index contributed by atoms with van der Waals surface area (Å²) in [7, 11) is 0. The van der Waals surface area contributed by atoms with E-state index in [1.165, 1.54) is 32.1 Å². The van der Waals surface area contributed by atoms with Crippen molar-refractivity contribution in [1.82, 2.24) is 15.2 Å². The first kappa shape index (κ1) is 14.4. The first-order chi connectivity index (χ1) is 10.7. The molecular formula is C17H21N5. The Morgan fingerprint density at radius 1 is 0.909 bits per heavy atom. The van der Waals surface area contributed by atoms with Gasteiger partial charge < -0.3 is 11.5 Å². The summed E-state index contributed by atoms with van der Waals surface area (Å²) in [6.07, 6.45) is 9.21. The van der Waals surface area contributed by atoms with Gasteiger partial charge in [0.05, 0.1) is 11.2 Å². The molecule has 0 unspecified atom stereocenters. The molecule has 3 aromatic rings. The lowest BCUT2D eigenvalue weighted by atomic mass is 10.1. The van der Waals surface area contributed by atoms with Gasteiger partial charge in [0.2, 0.25) is 0 Å². The van der Waals surface area contributed by atoms with E-state index in [-0.39, 0.29) is 0 Å². The molecule has 0 amide bonds. The van der Waals surface area contributed by atoms with E-state index in [0.29, 0.717) is 11.5 Å². The standard InChI is InChI=1S/C12H11N5.C5H10/c13-9-6-12(14)16-11-5-7(1-2-8(9)11)10-3-4-15-17-10;1-2-4-5-3-1/h1-6H,(H,15,17)(H4,13,14,16);1-5H2. The lowest BCUT2D eigenvalue weighted by Crippen LogP contribution is -1.95. The number of nitrogens with one attached hydrogen (secondary N) is 1. The van der Waals surface area contributed by atoms with Crippen LogP contribution in [0.15, 0.2) is 36.5 Å². The highest BCUT2D eigenvalue weighted by Gasteiger charge is 2.05. The second-order valence-corrected chi connectivity index (χ2v) is 5.61. The van der Waals surface area contributed by atoms with Gasteiger partial charge in [0.25, 0.3) is 0 Å². The molecule has 0 atom stereocenters. The van der Waals surface area contributed by atoms with Gasteiger partial charge in [-0.15, -0.1) is 0 Å². The average molecular weight is 295 g/mol. The van der Waals surface area contributed by atoms with Crippen molar-refractivity contribution in [3.8, 4) is 11.3 Å². The van der Waals surface area contributed by atoms with Crippen molar-refractivity contribution in [2.75, 3.05) is 11.5 Å². The number of hydrogen-bond donors (Lipinski definition) is 3. The zero-order valence-corrected chi connectivity index (χ0v) is 12.5. The van der Waals surface area contributed by atoms with Crippen molar-refractivity contribution in [2.24, 2.45) is 0 Å². The number of hydrogen-bond acceptors (Lipinski definition) is 4. The maximum Gasteiger partial charge on any atom is 0.126 e. The Labute approximate surface area is 129 Å². The molecule has 1 fully saturated rings. The van der Waals surface area contributed by atoms with Gasteiger partial charge in [-0.2, -0.15) is 5.10 Å². The molecular weight excluding hydrogens is 274 g/mol. The van der Waals surface area contributed by atoms with E-state index in [2.05, 4.69) is 15.2 Å². The van der Waals surface area contributed by atoms with Crippen LogP contribution in [-0.2, 0) is 0 Å². The molecule has 1 aromatic carbocycles. The third kappa shape index (κ3) is 3.19. The third-order valence-electron chi connectivity index (χ3n) is 3.92. The molecule has 1 saturated carbocycles. The van der Waals surface area contributed by atoms with Gasteiger partial charge >= 0.3 is 0 Å². The number of pyridine rings is 1. The molecule has 114 valence electrons. The predicted molar refractivity (Wildman–Crippen MR) is 91.2 cm³/mol. The molecule has 5 N–H and O–H groups in total. The highest BCUT2D eigenvalue weighted by atomic mass is 15.1. The second kappa shape index (κ2) is 6.47. The number of aromatic amines is 1. The van der Waals surface area contributed by atoms with E-state index >= 15 is 0 Å². The normalized spacial score (nSPS) is 13.8. The summed E-state index contributed by atoms with van der Waals surface area (Å²) in [5, 5.41) is 7.73. The Balaban J connectivity index is 0.000000246. The third-order valence-corrected chi connectivity index (χ3v) is 3.92. The van der Waals surface area contributed by atoms with E-state index in [1.54, 1.807) is 12.3 Å². The molecule has 5 nitrogen and oxygen atoms in total. The van der Waals surface area contributed by atoms with E-state index in [0.717, 1.165) is 22.2 Å². The summed E-state index contributed by atoms with van der Waals surface area (Å²) in [5.74, 6) is 0.428. The Hall–Kier alpha value is -2.56. The van der Waals surface area contributed by atoms with Gasteiger partial charge in [-0.3, -0.25) is 5.10 Å². The molecule has 2 heterocycles. The van der Waals surface area contributed by atoms with Crippen molar-refractivity contribution in [2.45, 2.75) is 32.1 Å². The highest BCUT2D eigenvalue weighted by molar-refractivity contribution is 5.93. The number of aromatic nitrogens is 3. The van der Waals surface area contributed by atoms with Gasteiger partial charge in [-0.1, -0.05) is 44.2 Å². The fraction of sp³-hybridized carbons (Fsp3) is 0.294. The van der Waals surface area contributed by atoms with Crippen LogP contribution in [0, 0.1) is 0 Å². The average Bonchev–Trinajstić information content (AvgIpc) is 3.23. The largest absolute Gasteiger partial charge is 0.398 e. The Morgan fingerprint density at radius 2 is 1.64 bits per heavy atom. The number of nitrogen functional groups attached to an aromatic ring is 2. The van der Waals surface area contributed by atoms with Gasteiger partial charge in [0.15, 0.2) is 0 Å². The van der Waals surface area contributed by atoms with Crippen LogP contribution in [0.1, 0.15) is 32.1 Å². The summed E-state index contributed by atoms with van der Waals surface area (Å²) in [6.45, 7) is 0. The van der Waals surface area contributed by atoms with Crippen LogP contribution in [0.25, 0.3) is 22.2 Å². The number of H-pyrrole nitrogens is 1. The summed E-state index contributed by atoms with van der Waals surface area (Å²) < 4.78 is 0. The predicted octanol–water partition coefficient (Wildman–Crippen LogP) is 3.74. The first-order valence-electron chi connectivity index (χ1n) is 7.69. The van der Waals surface area contributed by atoms with Crippen LogP contribution in [0.2, 0.25) is 0 Å². The SMILES string of the molecule is C1CCCC1.Nc1cc(N)c2ccc(-c3ccn[nH]3)cc2n1. The Kier molecular flexibility index (Phi) is 4.23. The number of anilines is 2. The molecule has 0 saturated heterocycles. The molecule has 4 rings (SSSR count). The molecule has 0 aliphatic heterocycles. The molecule has 1 aliphatic carbocycles. The Morgan fingerprint density at radius 3 is 2.27 bits per heavy atom.